The van der Waals surface area contributed by atoms with Crippen LogP contribution in [0, 0.1) is 0 Å². The first kappa shape index (κ1) is 20.7. The summed E-state index contributed by atoms with van der Waals surface area (Å²) < 4.78 is 49.1. The van der Waals surface area contributed by atoms with Crippen LogP contribution < -0.4 is 15.0 Å². The van der Waals surface area contributed by atoms with Gasteiger partial charge in [-0.05, 0) is 48.5 Å². The number of H-pyrrole nitrogens is 2. The topological polar surface area (TPSA) is 181 Å². The van der Waals surface area contributed by atoms with Gasteiger partial charge in [-0.25, -0.2) is 27.1 Å². The Bertz CT molecular complexity index is 1400. The third-order valence-electron chi connectivity index (χ3n) is 4.00. The highest BCUT2D eigenvalue weighted by Crippen LogP contribution is 2.23. The molecular weight excluding hydrogens is 420 g/mol. The molecule has 0 bridgehead atoms. The molecule has 2 aromatic carbocycles. The SMILES string of the molecule is COc1ccc2[nH]c(S(N)(=O)=O)cc2c1.NS(=O)(=O)c1cc2cc(O)ccc2[nH]1. The van der Waals surface area contributed by atoms with E-state index in [0.29, 0.717) is 22.2 Å². The minimum absolute atomic E-state index is 0.00533. The Kier molecular flexibility index (Phi) is 5.28. The Morgan fingerprint density at radius 1 is 0.793 bits per heavy atom. The highest BCUT2D eigenvalue weighted by molar-refractivity contribution is 7.89. The van der Waals surface area contributed by atoms with Crippen molar-refractivity contribution in [2.24, 2.45) is 10.3 Å². The largest absolute Gasteiger partial charge is 0.508 e. The summed E-state index contributed by atoms with van der Waals surface area (Å²) in [5.41, 5.74) is 1.33. The molecule has 12 heteroatoms. The number of fused-ring (bicyclic) bond motifs is 2. The van der Waals surface area contributed by atoms with E-state index < -0.39 is 20.0 Å². The third-order valence-corrected chi connectivity index (χ3v) is 5.66. The van der Waals surface area contributed by atoms with Gasteiger partial charge in [-0.1, -0.05) is 0 Å². The first-order chi connectivity index (χ1) is 13.5. The average Bonchev–Trinajstić information content (AvgIpc) is 3.24. The first-order valence-electron chi connectivity index (χ1n) is 8.01. The quantitative estimate of drug-likeness (QED) is 0.322. The van der Waals surface area contributed by atoms with Gasteiger partial charge in [0, 0.05) is 21.8 Å². The first-order valence-corrected chi connectivity index (χ1v) is 11.1. The number of nitrogens with one attached hydrogen (secondary N) is 2. The Morgan fingerprint density at radius 2 is 1.28 bits per heavy atom. The number of primary sulfonamides is 2. The summed E-state index contributed by atoms with van der Waals surface area (Å²) in [6.45, 7) is 0. The van der Waals surface area contributed by atoms with Crippen molar-refractivity contribution in [3.8, 4) is 11.5 Å². The summed E-state index contributed by atoms with van der Waals surface area (Å²) in [7, 11) is -5.85. The van der Waals surface area contributed by atoms with Crippen molar-refractivity contribution in [3.05, 3.63) is 48.5 Å². The van der Waals surface area contributed by atoms with Gasteiger partial charge in [0.05, 0.1) is 7.11 Å². The zero-order valence-electron chi connectivity index (χ0n) is 15.1. The van der Waals surface area contributed by atoms with Gasteiger partial charge in [-0.3, -0.25) is 0 Å². The number of nitrogens with two attached hydrogens (primary N) is 2. The van der Waals surface area contributed by atoms with Crippen LogP contribution in [0.1, 0.15) is 0 Å². The lowest BCUT2D eigenvalue weighted by Crippen LogP contribution is -2.12. The molecule has 0 unspecified atom stereocenters. The lowest BCUT2D eigenvalue weighted by molar-refractivity contribution is 0.415. The van der Waals surface area contributed by atoms with Crippen molar-refractivity contribution in [2.45, 2.75) is 10.1 Å². The number of ether oxygens (including phenoxy) is 1. The van der Waals surface area contributed by atoms with E-state index in [9.17, 15) is 16.8 Å². The number of aromatic amines is 2. The van der Waals surface area contributed by atoms with Crippen LogP contribution in [0.2, 0.25) is 0 Å². The number of sulfonamides is 2. The molecular formula is C17H18N4O6S2. The van der Waals surface area contributed by atoms with Crippen molar-refractivity contribution in [1.29, 1.82) is 0 Å². The van der Waals surface area contributed by atoms with Crippen molar-refractivity contribution in [3.63, 3.8) is 0 Å². The summed E-state index contributed by atoms with van der Waals surface area (Å²) in [5, 5.41) is 20.4. The molecule has 4 rings (SSSR count). The van der Waals surface area contributed by atoms with Crippen LogP contribution in [-0.2, 0) is 20.0 Å². The molecule has 0 aliphatic heterocycles. The van der Waals surface area contributed by atoms with E-state index in [2.05, 4.69) is 9.97 Å². The van der Waals surface area contributed by atoms with E-state index >= 15 is 0 Å². The van der Waals surface area contributed by atoms with Gasteiger partial charge in [0.25, 0.3) is 20.0 Å². The van der Waals surface area contributed by atoms with Gasteiger partial charge in [0.15, 0.2) is 0 Å². The molecule has 0 aliphatic carbocycles. The standard InChI is InChI=1S/C9H10N2O3S.C8H8N2O3S/c1-14-7-2-3-8-6(4-7)5-9(11-8)15(10,12)13;9-14(12,13)8-4-5-3-6(11)1-2-7(5)10-8/h2-5,11H,1H3,(H2,10,12,13);1-4,10-11H,(H2,9,12,13). The highest BCUT2D eigenvalue weighted by Gasteiger charge is 2.12. The van der Waals surface area contributed by atoms with Gasteiger partial charge in [0.1, 0.15) is 21.6 Å². The summed E-state index contributed by atoms with van der Waals surface area (Å²) in [6.07, 6.45) is 0. The monoisotopic (exact) mass is 438 g/mol. The van der Waals surface area contributed by atoms with Gasteiger partial charge in [0.2, 0.25) is 0 Å². The fraction of sp³-hybridized carbons (Fsp3) is 0.0588. The molecule has 0 fully saturated rings. The molecule has 2 heterocycles. The summed E-state index contributed by atoms with van der Waals surface area (Å²) in [6, 6.07) is 12.6. The van der Waals surface area contributed by atoms with Crippen LogP contribution in [0.4, 0.5) is 0 Å². The van der Waals surface area contributed by atoms with Crippen molar-refractivity contribution >= 4 is 41.9 Å². The highest BCUT2D eigenvalue weighted by atomic mass is 32.2. The number of phenolic OH excluding ortho intramolecular Hbond substituents is 1. The van der Waals surface area contributed by atoms with Crippen LogP contribution in [0.3, 0.4) is 0 Å². The van der Waals surface area contributed by atoms with E-state index in [1.54, 1.807) is 31.4 Å². The maximum Gasteiger partial charge on any atom is 0.253 e. The Morgan fingerprint density at radius 3 is 1.76 bits per heavy atom. The van der Waals surface area contributed by atoms with Crippen LogP contribution in [-0.4, -0.2) is 39.0 Å². The number of aromatic nitrogens is 2. The molecule has 10 nitrogen and oxygen atoms in total. The number of aromatic hydroxyl groups is 1. The Hall–Kier alpha value is -3.06. The zero-order valence-corrected chi connectivity index (χ0v) is 16.7. The molecule has 0 saturated heterocycles. The smallest absolute Gasteiger partial charge is 0.253 e. The molecule has 0 spiro atoms. The van der Waals surface area contributed by atoms with Crippen LogP contribution in [0.25, 0.3) is 21.8 Å². The summed E-state index contributed by atoms with van der Waals surface area (Å²) in [4.78, 5) is 5.36. The maximum absolute atomic E-state index is 11.1. The Balaban J connectivity index is 0.000000166. The second-order valence-electron chi connectivity index (χ2n) is 6.08. The number of phenols is 1. The minimum Gasteiger partial charge on any atom is -0.508 e. The molecule has 2 aromatic heterocycles. The molecule has 0 amide bonds. The van der Waals surface area contributed by atoms with E-state index in [0.717, 1.165) is 5.39 Å². The number of hydrogen-bond donors (Lipinski definition) is 5. The Labute approximate surface area is 166 Å². The van der Waals surface area contributed by atoms with Gasteiger partial charge in [-0.2, -0.15) is 0 Å². The molecule has 29 heavy (non-hydrogen) atoms. The third kappa shape index (κ3) is 4.68. The number of hydrogen-bond acceptors (Lipinski definition) is 6. The predicted octanol–water partition coefficient (Wildman–Crippen LogP) is 1.34. The number of rotatable bonds is 3. The zero-order chi connectivity index (χ0) is 21.4. The van der Waals surface area contributed by atoms with E-state index in [1.165, 1.54) is 24.3 Å². The lowest BCUT2D eigenvalue weighted by Gasteiger charge is -1.97. The summed E-state index contributed by atoms with van der Waals surface area (Å²) >= 11 is 0. The average molecular weight is 438 g/mol. The normalized spacial score (nSPS) is 12.0. The number of methoxy groups -OCH3 is 1. The predicted molar refractivity (Wildman–Crippen MR) is 108 cm³/mol. The van der Waals surface area contributed by atoms with E-state index in [4.69, 9.17) is 20.1 Å². The lowest BCUT2D eigenvalue weighted by atomic mass is 10.2. The second-order valence-corrected chi connectivity index (χ2v) is 9.14. The molecule has 0 radical (unpaired) electrons. The van der Waals surface area contributed by atoms with Crippen molar-refractivity contribution < 1.29 is 26.7 Å². The van der Waals surface area contributed by atoms with Gasteiger partial charge < -0.3 is 19.8 Å². The van der Waals surface area contributed by atoms with Gasteiger partial charge in [-0.15, -0.1) is 0 Å². The molecule has 0 saturated carbocycles. The van der Waals surface area contributed by atoms with Crippen LogP contribution >= 0.6 is 0 Å². The summed E-state index contributed by atoms with van der Waals surface area (Å²) in [5.74, 6) is 0.750. The van der Waals surface area contributed by atoms with E-state index in [-0.39, 0.29) is 15.8 Å². The van der Waals surface area contributed by atoms with Crippen molar-refractivity contribution in [2.75, 3.05) is 7.11 Å². The van der Waals surface area contributed by atoms with Crippen LogP contribution in [0.15, 0.2) is 58.6 Å². The van der Waals surface area contributed by atoms with Crippen LogP contribution in [0.5, 0.6) is 11.5 Å². The fourth-order valence-corrected chi connectivity index (χ4v) is 3.70. The maximum atomic E-state index is 11.1. The second kappa shape index (κ2) is 7.40. The van der Waals surface area contributed by atoms with Gasteiger partial charge >= 0.3 is 0 Å². The molecule has 0 aliphatic rings. The number of benzene rings is 2. The minimum atomic E-state index is -3.71. The molecule has 7 N–H and O–H groups in total. The molecule has 154 valence electrons. The fourth-order valence-electron chi connectivity index (χ4n) is 2.61. The molecule has 0 atom stereocenters. The van der Waals surface area contributed by atoms with Crippen molar-refractivity contribution in [1.82, 2.24) is 9.97 Å². The molecule has 4 aromatic rings. The van der Waals surface area contributed by atoms with E-state index in [1.807, 2.05) is 0 Å².